The molecule has 33 heavy (non-hydrogen) atoms. The first-order chi connectivity index (χ1) is 15.5. The van der Waals surface area contributed by atoms with E-state index in [0.717, 1.165) is 23.0 Å². The van der Waals surface area contributed by atoms with Crippen LogP contribution < -0.4 is 4.74 Å². The number of nitrogens with zero attached hydrogens (tertiary/aromatic N) is 1. The third kappa shape index (κ3) is 6.41. The van der Waals surface area contributed by atoms with Crippen molar-refractivity contribution >= 4 is 25.9 Å². The average Bonchev–Trinajstić information content (AvgIpc) is 2.75. The van der Waals surface area contributed by atoms with E-state index in [0.29, 0.717) is 16.3 Å². The first-order valence-corrected chi connectivity index (χ1v) is 14.2. The molecule has 0 saturated carbocycles. The van der Waals surface area contributed by atoms with Crippen LogP contribution in [0.1, 0.15) is 30.9 Å². The van der Waals surface area contributed by atoms with Crippen LogP contribution in [0.3, 0.4) is 0 Å². The van der Waals surface area contributed by atoms with Gasteiger partial charge < -0.3 is 9.29 Å². The van der Waals surface area contributed by atoms with Gasteiger partial charge in [-0.15, -0.1) is 0 Å². The summed E-state index contributed by atoms with van der Waals surface area (Å²) in [6.07, 6.45) is 6.81. The molecule has 0 radical (unpaired) electrons. The molecule has 2 aromatic rings. The number of hydrogen-bond acceptors (Lipinski definition) is 6. The van der Waals surface area contributed by atoms with Crippen LogP contribution >= 0.6 is 0 Å². The second-order valence-electron chi connectivity index (χ2n) is 8.50. The molecule has 0 amide bonds. The minimum atomic E-state index is -3.65. The summed E-state index contributed by atoms with van der Waals surface area (Å²) in [6, 6.07) is 13.1. The Morgan fingerprint density at radius 3 is 2.58 bits per heavy atom. The van der Waals surface area contributed by atoms with Crippen molar-refractivity contribution in [3.8, 4) is 5.75 Å². The quantitative estimate of drug-likeness (QED) is 0.282. The van der Waals surface area contributed by atoms with E-state index >= 15 is 0 Å². The Hall–Kier alpha value is -2.26. The molecule has 1 unspecified atom stereocenters. The normalized spacial score (nSPS) is 21.2. The molecule has 3 atom stereocenters. The van der Waals surface area contributed by atoms with Crippen LogP contribution in [-0.2, 0) is 24.4 Å². The van der Waals surface area contributed by atoms with Crippen molar-refractivity contribution in [3.63, 3.8) is 0 Å². The smallest absolute Gasteiger partial charge is 0.264 e. The van der Waals surface area contributed by atoms with Gasteiger partial charge in [0.2, 0.25) is 0 Å². The van der Waals surface area contributed by atoms with Crippen molar-refractivity contribution in [3.05, 3.63) is 77.4 Å². The zero-order chi connectivity index (χ0) is 24.2. The molecule has 0 aliphatic carbocycles. The van der Waals surface area contributed by atoms with Crippen LogP contribution in [0.15, 0.2) is 75.5 Å². The highest BCUT2D eigenvalue weighted by Gasteiger charge is 2.38. The summed E-state index contributed by atoms with van der Waals surface area (Å²) in [6.45, 7) is 5.87. The molecule has 3 rings (SSSR count). The number of allylic oxidation sites excluding steroid dienone is 3. The van der Waals surface area contributed by atoms with Crippen molar-refractivity contribution in [1.29, 1.82) is 0 Å². The second kappa shape index (κ2) is 10.3. The fourth-order valence-electron chi connectivity index (χ4n) is 3.86. The Morgan fingerprint density at radius 1 is 1.27 bits per heavy atom. The maximum absolute atomic E-state index is 14.2. The van der Waals surface area contributed by atoms with Gasteiger partial charge in [-0.1, -0.05) is 52.4 Å². The largest absolute Gasteiger partial charge is 0.626 e. The molecule has 0 bridgehead atoms. The minimum Gasteiger partial charge on any atom is -0.626 e. The Kier molecular flexibility index (Phi) is 7.95. The van der Waals surface area contributed by atoms with Crippen LogP contribution in [0.25, 0.3) is 0 Å². The molecule has 6 nitrogen and oxygen atoms in total. The van der Waals surface area contributed by atoms with Crippen LogP contribution in [0, 0.1) is 12.8 Å². The number of hydrogen-bond donors (Lipinski definition) is 0. The number of benzene rings is 2. The van der Waals surface area contributed by atoms with E-state index in [2.05, 4.69) is 0 Å². The summed E-state index contributed by atoms with van der Waals surface area (Å²) in [7, 11) is -4.91. The molecule has 0 aromatic heterocycles. The monoisotopic (exact) mass is 489 g/mol. The zero-order valence-electron chi connectivity index (χ0n) is 19.6. The van der Waals surface area contributed by atoms with Gasteiger partial charge in [-0.2, -0.15) is 8.42 Å². The van der Waals surface area contributed by atoms with E-state index in [1.54, 1.807) is 7.11 Å². The van der Waals surface area contributed by atoms with Gasteiger partial charge >= 0.3 is 0 Å². The number of methoxy groups -OCH3 is 1. The van der Waals surface area contributed by atoms with Crippen LogP contribution in [0.2, 0.25) is 0 Å². The molecule has 0 N–H and O–H groups in total. The van der Waals surface area contributed by atoms with E-state index in [-0.39, 0.29) is 24.2 Å². The first-order valence-electron chi connectivity index (χ1n) is 10.7. The van der Waals surface area contributed by atoms with Gasteiger partial charge in [-0.3, -0.25) is 4.18 Å². The standard InChI is InChI=1S/C25H31NO5S2/c1-18(2)10-9-11-20(16-31-32(5,27)28)23-17-33(29,21-12-7-6-8-13-21)26-25-22(23)14-19(3)15-24(25)30-4/h6-15,20,23H,16-17H2,1-5H3/b11-9+/t20-,23-,33?/m1/s1. The lowest BCUT2D eigenvalue weighted by Crippen LogP contribution is -2.31. The van der Waals surface area contributed by atoms with Gasteiger partial charge in [-0.25, -0.2) is 0 Å². The summed E-state index contributed by atoms with van der Waals surface area (Å²) in [4.78, 5) is 0.638. The Balaban J connectivity index is 2.20. The van der Waals surface area contributed by atoms with Crippen molar-refractivity contribution in [2.45, 2.75) is 31.6 Å². The molecular weight excluding hydrogens is 458 g/mol. The number of ether oxygens (including phenoxy) is 1. The summed E-state index contributed by atoms with van der Waals surface area (Å²) >= 11 is 0. The van der Waals surface area contributed by atoms with Gasteiger partial charge in [0.1, 0.15) is 16.4 Å². The zero-order valence-corrected chi connectivity index (χ0v) is 21.3. The second-order valence-corrected chi connectivity index (χ2v) is 12.4. The molecule has 1 heterocycles. The van der Waals surface area contributed by atoms with E-state index in [9.17, 15) is 13.0 Å². The van der Waals surface area contributed by atoms with Crippen molar-refractivity contribution in [2.24, 2.45) is 10.3 Å². The van der Waals surface area contributed by atoms with Crippen LogP contribution in [0.4, 0.5) is 5.69 Å². The lowest BCUT2D eigenvalue weighted by atomic mass is 9.85. The highest BCUT2D eigenvalue weighted by Crippen LogP contribution is 2.48. The van der Waals surface area contributed by atoms with E-state index in [4.69, 9.17) is 13.3 Å². The predicted molar refractivity (Wildman–Crippen MR) is 133 cm³/mol. The summed E-state index contributed by atoms with van der Waals surface area (Å²) in [5.41, 5.74) is 3.52. The number of rotatable bonds is 8. The maximum atomic E-state index is 14.2. The van der Waals surface area contributed by atoms with Gasteiger partial charge in [0.05, 0.1) is 20.0 Å². The average molecular weight is 490 g/mol. The minimum absolute atomic E-state index is 0.0589. The summed E-state index contributed by atoms with van der Waals surface area (Å²) < 4.78 is 53.3. The van der Waals surface area contributed by atoms with Crippen molar-refractivity contribution < 1.29 is 21.9 Å². The Labute approximate surface area is 198 Å². The molecule has 0 fully saturated rings. The lowest BCUT2D eigenvalue weighted by Gasteiger charge is -2.35. The van der Waals surface area contributed by atoms with Crippen molar-refractivity contribution in [1.82, 2.24) is 0 Å². The molecule has 1 aliphatic heterocycles. The molecule has 178 valence electrons. The Bertz CT molecular complexity index is 1210. The van der Waals surface area contributed by atoms with Gasteiger partial charge in [0.25, 0.3) is 10.1 Å². The summed E-state index contributed by atoms with van der Waals surface area (Å²) in [5.74, 6) is 0.158. The van der Waals surface area contributed by atoms with E-state index in [1.165, 1.54) is 0 Å². The molecule has 2 aromatic carbocycles. The van der Waals surface area contributed by atoms with Crippen molar-refractivity contribution in [2.75, 3.05) is 25.7 Å². The van der Waals surface area contributed by atoms with Crippen LogP contribution in [-0.4, -0.2) is 38.7 Å². The molecule has 8 heteroatoms. The molecule has 0 saturated heterocycles. The molecule has 1 aliphatic rings. The SMILES string of the molecule is COc1cc(C)cc2c1N=[S+]([O-])(c1ccccc1)C[C@@H]2[C@H](/C=C/C=C(C)C)COS(C)(=O)=O. The fourth-order valence-corrected chi connectivity index (χ4v) is 6.62. The first kappa shape index (κ1) is 25.4. The third-order valence-corrected chi connectivity index (χ3v) is 8.26. The molecular formula is C25H31NO5S2. The maximum Gasteiger partial charge on any atom is 0.264 e. The number of aryl methyl sites for hydroxylation is 1. The lowest BCUT2D eigenvalue weighted by molar-refractivity contribution is 0.266. The van der Waals surface area contributed by atoms with Gasteiger partial charge in [0, 0.05) is 11.8 Å². The summed E-state index contributed by atoms with van der Waals surface area (Å²) in [5, 5.41) is 0. The van der Waals surface area contributed by atoms with E-state index < -0.39 is 20.2 Å². The van der Waals surface area contributed by atoms with Gasteiger partial charge in [0.15, 0.2) is 5.69 Å². The molecule has 0 spiro atoms. The third-order valence-electron chi connectivity index (χ3n) is 5.40. The Morgan fingerprint density at radius 2 is 1.97 bits per heavy atom. The van der Waals surface area contributed by atoms with Crippen LogP contribution in [0.5, 0.6) is 5.75 Å². The fraction of sp³-hybridized carbons (Fsp3) is 0.360. The van der Waals surface area contributed by atoms with Gasteiger partial charge in [-0.05, 0) is 60.2 Å². The highest BCUT2D eigenvalue weighted by atomic mass is 32.3. The highest BCUT2D eigenvalue weighted by molar-refractivity contribution is 8.00. The van der Waals surface area contributed by atoms with E-state index in [1.807, 2.05) is 81.5 Å². The number of fused-ring (bicyclic) bond motifs is 1. The predicted octanol–water partition coefficient (Wildman–Crippen LogP) is 5.37. The topological polar surface area (TPSA) is 88.0 Å².